The summed E-state index contributed by atoms with van der Waals surface area (Å²) in [5, 5.41) is 0.297. The maximum absolute atomic E-state index is 13.4. The van der Waals surface area contributed by atoms with E-state index in [2.05, 4.69) is 4.98 Å². The molecule has 0 N–H and O–H groups in total. The molecule has 0 amide bonds. The summed E-state index contributed by atoms with van der Waals surface area (Å²) in [6.07, 6.45) is 8.29. The molecule has 0 saturated heterocycles. The van der Waals surface area contributed by atoms with Crippen molar-refractivity contribution in [1.29, 1.82) is 0 Å². The lowest BCUT2D eigenvalue weighted by Crippen LogP contribution is -2.16. The monoisotopic (exact) mass is 243 g/mol. The molecule has 0 unspecified atom stereocenters. The minimum Gasteiger partial charge on any atom is -0.472 e. The van der Waals surface area contributed by atoms with Crippen LogP contribution in [0.3, 0.4) is 0 Å². The van der Waals surface area contributed by atoms with Crippen LogP contribution < -0.4 is 4.74 Å². The minimum absolute atomic E-state index is 0.0799. The van der Waals surface area contributed by atoms with Gasteiger partial charge in [0, 0.05) is 6.20 Å². The first-order valence-electron chi connectivity index (χ1n) is 5.73. The van der Waals surface area contributed by atoms with Crippen LogP contribution in [0.2, 0.25) is 5.02 Å². The van der Waals surface area contributed by atoms with Gasteiger partial charge < -0.3 is 4.74 Å². The molecule has 1 saturated carbocycles. The summed E-state index contributed by atoms with van der Waals surface area (Å²) in [5.74, 6) is -0.395. The van der Waals surface area contributed by atoms with Crippen LogP contribution in [-0.2, 0) is 0 Å². The summed E-state index contributed by atoms with van der Waals surface area (Å²) in [5.41, 5.74) is 0. The van der Waals surface area contributed by atoms with Crippen LogP contribution in [0.15, 0.2) is 12.3 Å². The Morgan fingerprint density at radius 1 is 1.25 bits per heavy atom. The Morgan fingerprint density at radius 2 is 1.94 bits per heavy atom. The van der Waals surface area contributed by atoms with E-state index >= 15 is 0 Å². The van der Waals surface area contributed by atoms with E-state index in [9.17, 15) is 4.39 Å². The van der Waals surface area contributed by atoms with E-state index in [-0.39, 0.29) is 12.0 Å². The van der Waals surface area contributed by atoms with Crippen LogP contribution in [0.25, 0.3) is 0 Å². The summed E-state index contributed by atoms with van der Waals surface area (Å²) in [4.78, 5) is 3.87. The van der Waals surface area contributed by atoms with E-state index in [1.165, 1.54) is 25.1 Å². The molecule has 1 aliphatic carbocycles. The zero-order chi connectivity index (χ0) is 11.4. The van der Waals surface area contributed by atoms with Gasteiger partial charge in [-0.3, -0.25) is 0 Å². The van der Waals surface area contributed by atoms with Gasteiger partial charge in [-0.2, -0.15) is 0 Å². The zero-order valence-electron chi connectivity index (χ0n) is 9.09. The predicted molar refractivity (Wildman–Crippen MR) is 61.3 cm³/mol. The van der Waals surface area contributed by atoms with E-state index < -0.39 is 5.82 Å². The van der Waals surface area contributed by atoms with E-state index in [1.54, 1.807) is 0 Å². The third kappa shape index (κ3) is 3.08. The van der Waals surface area contributed by atoms with Crippen LogP contribution in [0.4, 0.5) is 4.39 Å². The summed E-state index contributed by atoms with van der Waals surface area (Å²) in [6.45, 7) is 0. The molecule has 16 heavy (non-hydrogen) atoms. The Bertz CT molecular complexity index is 351. The number of nitrogens with zero attached hydrogens (tertiary/aromatic N) is 1. The number of halogens is 2. The highest BCUT2D eigenvalue weighted by Crippen LogP contribution is 2.24. The molecule has 0 bridgehead atoms. The third-order valence-corrected chi connectivity index (χ3v) is 3.06. The van der Waals surface area contributed by atoms with E-state index in [0.29, 0.717) is 5.02 Å². The summed E-state index contributed by atoms with van der Waals surface area (Å²) >= 11 is 5.63. The van der Waals surface area contributed by atoms with Gasteiger partial charge in [0.2, 0.25) is 0 Å². The number of rotatable bonds is 2. The predicted octanol–water partition coefficient (Wildman–Crippen LogP) is 3.98. The fourth-order valence-electron chi connectivity index (χ4n) is 2.01. The molecular weight excluding hydrogens is 229 g/mol. The second kappa shape index (κ2) is 5.48. The Labute approximate surface area is 99.8 Å². The first-order chi connectivity index (χ1) is 7.75. The fraction of sp³-hybridized carbons (Fsp3) is 0.583. The van der Waals surface area contributed by atoms with E-state index in [0.717, 1.165) is 25.7 Å². The average Bonchev–Trinajstić information content (AvgIpc) is 2.51. The quantitative estimate of drug-likeness (QED) is 0.733. The second-order valence-corrected chi connectivity index (χ2v) is 4.61. The first kappa shape index (κ1) is 11.6. The summed E-state index contributed by atoms with van der Waals surface area (Å²) < 4.78 is 19.0. The van der Waals surface area contributed by atoms with Gasteiger partial charge in [-0.15, -0.1) is 0 Å². The van der Waals surface area contributed by atoms with Crippen molar-refractivity contribution >= 4 is 11.6 Å². The highest BCUT2D eigenvalue weighted by atomic mass is 35.5. The molecular formula is C12H15ClFNO. The van der Waals surface area contributed by atoms with Crippen molar-refractivity contribution < 1.29 is 9.13 Å². The van der Waals surface area contributed by atoms with Crippen LogP contribution >= 0.6 is 11.6 Å². The van der Waals surface area contributed by atoms with Gasteiger partial charge in [0.25, 0.3) is 5.88 Å². The second-order valence-electron chi connectivity index (χ2n) is 4.17. The third-order valence-electron chi connectivity index (χ3n) is 2.85. The molecule has 0 radical (unpaired) electrons. The largest absolute Gasteiger partial charge is 0.472 e. The topological polar surface area (TPSA) is 22.1 Å². The van der Waals surface area contributed by atoms with Crippen LogP contribution in [0, 0.1) is 5.82 Å². The van der Waals surface area contributed by atoms with Crippen LogP contribution in [-0.4, -0.2) is 11.1 Å². The van der Waals surface area contributed by atoms with Gasteiger partial charge in [-0.1, -0.05) is 24.4 Å². The van der Waals surface area contributed by atoms with Crippen molar-refractivity contribution in [3.05, 3.63) is 23.1 Å². The maximum Gasteiger partial charge on any atom is 0.250 e. The number of hydrogen-bond donors (Lipinski definition) is 0. The molecule has 4 heteroatoms. The molecule has 0 aliphatic heterocycles. The number of aromatic nitrogens is 1. The molecule has 0 atom stereocenters. The van der Waals surface area contributed by atoms with Crippen molar-refractivity contribution in [2.75, 3.05) is 0 Å². The minimum atomic E-state index is -0.475. The SMILES string of the molecule is Fc1cc(Cl)cnc1OC1CCCCCC1. The average molecular weight is 244 g/mol. The van der Waals surface area contributed by atoms with Crippen molar-refractivity contribution in [2.45, 2.75) is 44.6 Å². The van der Waals surface area contributed by atoms with Gasteiger partial charge in [-0.25, -0.2) is 9.37 Å². The number of pyridine rings is 1. The normalized spacial score (nSPS) is 18.1. The van der Waals surface area contributed by atoms with Crippen LogP contribution in [0.5, 0.6) is 5.88 Å². The smallest absolute Gasteiger partial charge is 0.250 e. The Kier molecular flexibility index (Phi) is 3.99. The van der Waals surface area contributed by atoms with Crippen molar-refractivity contribution in [3.8, 4) is 5.88 Å². The highest BCUT2D eigenvalue weighted by Gasteiger charge is 2.16. The van der Waals surface area contributed by atoms with Crippen LogP contribution in [0.1, 0.15) is 38.5 Å². The van der Waals surface area contributed by atoms with Gasteiger partial charge in [0.1, 0.15) is 6.10 Å². The highest BCUT2D eigenvalue weighted by molar-refractivity contribution is 6.30. The summed E-state index contributed by atoms with van der Waals surface area (Å²) in [7, 11) is 0. The van der Waals surface area contributed by atoms with E-state index in [1.807, 2.05) is 0 Å². The van der Waals surface area contributed by atoms with E-state index in [4.69, 9.17) is 16.3 Å². The number of hydrogen-bond acceptors (Lipinski definition) is 2. The van der Waals surface area contributed by atoms with Crippen molar-refractivity contribution in [2.24, 2.45) is 0 Å². The van der Waals surface area contributed by atoms with Gasteiger partial charge >= 0.3 is 0 Å². The number of ether oxygens (including phenoxy) is 1. The molecule has 1 heterocycles. The Hall–Kier alpha value is -0.830. The lowest BCUT2D eigenvalue weighted by atomic mass is 10.1. The Morgan fingerprint density at radius 3 is 2.56 bits per heavy atom. The molecule has 1 aromatic heterocycles. The lowest BCUT2D eigenvalue weighted by molar-refractivity contribution is 0.168. The van der Waals surface area contributed by atoms with Gasteiger partial charge in [-0.05, 0) is 31.7 Å². The van der Waals surface area contributed by atoms with Gasteiger partial charge in [0.05, 0.1) is 5.02 Å². The molecule has 0 aromatic carbocycles. The molecule has 1 aromatic rings. The molecule has 1 fully saturated rings. The maximum atomic E-state index is 13.4. The van der Waals surface area contributed by atoms with Gasteiger partial charge in [0.15, 0.2) is 5.82 Å². The molecule has 88 valence electrons. The standard InChI is InChI=1S/C12H15ClFNO/c13-9-7-11(14)12(15-8-9)16-10-5-3-1-2-4-6-10/h7-8,10H,1-6H2. The zero-order valence-corrected chi connectivity index (χ0v) is 9.84. The van der Waals surface area contributed by atoms with Crippen molar-refractivity contribution in [1.82, 2.24) is 4.98 Å². The molecule has 0 spiro atoms. The molecule has 1 aliphatic rings. The Balaban J connectivity index is 2.01. The van der Waals surface area contributed by atoms with Crippen molar-refractivity contribution in [3.63, 3.8) is 0 Å². The summed E-state index contributed by atoms with van der Waals surface area (Å²) in [6, 6.07) is 1.24. The molecule has 2 nitrogen and oxygen atoms in total. The molecule has 2 rings (SSSR count). The lowest BCUT2D eigenvalue weighted by Gasteiger charge is -2.16. The fourth-order valence-corrected chi connectivity index (χ4v) is 2.15. The first-order valence-corrected chi connectivity index (χ1v) is 6.11.